The van der Waals surface area contributed by atoms with Crippen LogP contribution in [0.1, 0.15) is 66.4 Å². The maximum absolute atomic E-state index is 13.3. The highest BCUT2D eigenvalue weighted by Gasteiger charge is 2.23. The molecule has 7 nitrogen and oxygen atoms in total. The maximum Gasteiger partial charge on any atom is 0.326 e. The van der Waals surface area contributed by atoms with Gasteiger partial charge in [0.2, 0.25) is 0 Å². The zero-order valence-electron chi connectivity index (χ0n) is 21.9. The number of rotatable bonds is 14. The number of aliphatic carboxylic acids is 1. The van der Waals surface area contributed by atoms with E-state index in [2.05, 4.69) is 10.8 Å². The minimum absolute atomic E-state index is 0.106. The van der Waals surface area contributed by atoms with Crippen LogP contribution in [0.5, 0.6) is 0 Å². The molecule has 1 aliphatic rings. The number of carboxylic acids is 1. The number of benzene rings is 2. The molecule has 1 fully saturated rings. The molecular formula is C29H40N2O5S. The maximum atomic E-state index is 13.3. The number of carbonyl (C=O) groups is 2. The normalized spacial score (nSPS) is 15.8. The summed E-state index contributed by atoms with van der Waals surface area (Å²) >= 11 is 1.55. The lowest BCUT2D eigenvalue weighted by Gasteiger charge is -2.26. The lowest BCUT2D eigenvalue weighted by Crippen LogP contribution is -2.41. The van der Waals surface area contributed by atoms with E-state index >= 15 is 0 Å². The molecule has 0 bridgehead atoms. The second kappa shape index (κ2) is 15.1. The number of carboxylic acid groups (broad SMARTS) is 1. The molecule has 8 heteroatoms. The summed E-state index contributed by atoms with van der Waals surface area (Å²) in [5.74, 6) is -0.178. The highest BCUT2D eigenvalue weighted by Crippen LogP contribution is 2.30. The lowest BCUT2D eigenvalue weighted by atomic mass is 9.85. The van der Waals surface area contributed by atoms with Crippen LogP contribution in [0.4, 0.5) is 0 Å². The third kappa shape index (κ3) is 8.85. The van der Waals surface area contributed by atoms with Gasteiger partial charge in [0.25, 0.3) is 5.91 Å². The van der Waals surface area contributed by atoms with Crippen molar-refractivity contribution in [1.82, 2.24) is 10.8 Å². The van der Waals surface area contributed by atoms with Crippen molar-refractivity contribution >= 4 is 23.6 Å². The summed E-state index contributed by atoms with van der Waals surface area (Å²) in [6.07, 6.45) is 9.30. The van der Waals surface area contributed by atoms with Crippen molar-refractivity contribution in [1.29, 1.82) is 0 Å². The molecule has 0 radical (unpaired) electrons. The van der Waals surface area contributed by atoms with Crippen LogP contribution >= 0.6 is 11.8 Å². The largest absolute Gasteiger partial charge is 0.480 e. The fourth-order valence-electron chi connectivity index (χ4n) is 5.03. The van der Waals surface area contributed by atoms with Crippen molar-refractivity contribution in [2.75, 3.05) is 18.6 Å². The fraction of sp³-hybridized carbons (Fsp3) is 0.517. The van der Waals surface area contributed by atoms with Gasteiger partial charge in [0.1, 0.15) is 6.04 Å². The SMILES string of the molecule is CSCCC(NC(=O)c1ccc(COC(CNO)CC2CCCCC2)cc1-c1ccccc1C)C(=O)O. The number of hydrogen-bond donors (Lipinski definition) is 4. The first-order valence-corrected chi connectivity index (χ1v) is 14.5. The van der Waals surface area contributed by atoms with Gasteiger partial charge in [-0.3, -0.25) is 4.79 Å². The number of thioether (sulfide) groups is 1. The summed E-state index contributed by atoms with van der Waals surface area (Å²) in [5, 5.41) is 21.6. The third-order valence-corrected chi connectivity index (χ3v) is 7.75. The van der Waals surface area contributed by atoms with Gasteiger partial charge in [-0.05, 0) is 72.1 Å². The van der Waals surface area contributed by atoms with E-state index in [-0.39, 0.29) is 6.10 Å². The Hall–Kier alpha value is -2.39. The summed E-state index contributed by atoms with van der Waals surface area (Å²) in [5.41, 5.74) is 6.31. The molecule has 0 saturated heterocycles. The van der Waals surface area contributed by atoms with E-state index in [1.165, 1.54) is 32.1 Å². The summed E-state index contributed by atoms with van der Waals surface area (Å²) in [6, 6.07) is 12.5. The number of ether oxygens (including phenoxy) is 1. The predicted octanol–water partition coefficient (Wildman–Crippen LogP) is 5.43. The minimum atomic E-state index is -1.04. The molecule has 202 valence electrons. The van der Waals surface area contributed by atoms with Crippen molar-refractivity contribution in [3.63, 3.8) is 0 Å². The van der Waals surface area contributed by atoms with Crippen LogP contribution in [-0.2, 0) is 16.1 Å². The molecule has 2 atom stereocenters. The van der Waals surface area contributed by atoms with Crippen molar-refractivity contribution < 1.29 is 24.6 Å². The van der Waals surface area contributed by atoms with E-state index in [1.807, 2.05) is 49.6 Å². The lowest BCUT2D eigenvalue weighted by molar-refractivity contribution is -0.139. The van der Waals surface area contributed by atoms with Gasteiger partial charge in [0, 0.05) is 12.1 Å². The van der Waals surface area contributed by atoms with Gasteiger partial charge in [-0.25, -0.2) is 10.3 Å². The Labute approximate surface area is 224 Å². The molecule has 1 aliphatic carbocycles. The van der Waals surface area contributed by atoms with Gasteiger partial charge in [0.05, 0.1) is 12.7 Å². The van der Waals surface area contributed by atoms with E-state index in [9.17, 15) is 19.9 Å². The molecule has 0 aliphatic heterocycles. The molecule has 2 aromatic carbocycles. The van der Waals surface area contributed by atoms with Crippen LogP contribution in [0.15, 0.2) is 42.5 Å². The molecule has 1 saturated carbocycles. The van der Waals surface area contributed by atoms with Crippen LogP contribution in [0, 0.1) is 12.8 Å². The second-order valence-corrected chi connectivity index (χ2v) is 10.9. The molecule has 1 amide bonds. The van der Waals surface area contributed by atoms with Crippen molar-refractivity contribution in [2.45, 2.75) is 70.6 Å². The zero-order chi connectivity index (χ0) is 26.6. The number of hydroxylamine groups is 1. The highest BCUT2D eigenvalue weighted by molar-refractivity contribution is 7.98. The second-order valence-electron chi connectivity index (χ2n) is 9.88. The summed E-state index contributed by atoms with van der Waals surface area (Å²) in [6.45, 7) is 2.71. The molecular weight excluding hydrogens is 488 g/mol. The summed E-state index contributed by atoms with van der Waals surface area (Å²) < 4.78 is 6.23. The first-order valence-electron chi connectivity index (χ1n) is 13.1. The van der Waals surface area contributed by atoms with E-state index in [4.69, 9.17) is 4.74 Å². The summed E-state index contributed by atoms with van der Waals surface area (Å²) in [4.78, 5) is 25.0. The molecule has 0 aromatic heterocycles. The first kappa shape index (κ1) is 29.2. The number of aryl methyl sites for hydroxylation is 1. The topological polar surface area (TPSA) is 108 Å². The van der Waals surface area contributed by atoms with Gasteiger partial charge >= 0.3 is 5.97 Å². The van der Waals surface area contributed by atoms with Gasteiger partial charge < -0.3 is 20.4 Å². The van der Waals surface area contributed by atoms with Crippen molar-refractivity contribution in [3.05, 3.63) is 59.2 Å². The Morgan fingerprint density at radius 2 is 1.86 bits per heavy atom. The first-order chi connectivity index (χ1) is 17.9. The van der Waals surface area contributed by atoms with Crippen LogP contribution in [0.3, 0.4) is 0 Å². The van der Waals surface area contributed by atoms with Gasteiger partial charge in [-0.15, -0.1) is 0 Å². The molecule has 4 N–H and O–H groups in total. The van der Waals surface area contributed by atoms with E-state index in [0.29, 0.717) is 36.8 Å². The summed E-state index contributed by atoms with van der Waals surface area (Å²) in [7, 11) is 0. The Bertz CT molecular complexity index is 1030. The average Bonchev–Trinajstić information content (AvgIpc) is 2.90. The van der Waals surface area contributed by atoms with Crippen LogP contribution in [-0.4, -0.2) is 52.9 Å². The zero-order valence-corrected chi connectivity index (χ0v) is 22.7. The fourth-order valence-corrected chi connectivity index (χ4v) is 5.50. The molecule has 0 heterocycles. The van der Waals surface area contributed by atoms with Crippen molar-refractivity contribution in [3.8, 4) is 11.1 Å². The Morgan fingerprint density at radius 3 is 2.54 bits per heavy atom. The minimum Gasteiger partial charge on any atom is -0.480 e. The third-order valence-electron chi connectivity index (χ3n) is 7.10. The average molecular weight is 529 g/mol. The van der Waals surface area contributed by atoms with Gasteiger partial charge in [-0.1, -0.05) is 62.4 Å². The van der Waals surface area contributed by atoms with E-state index in [1.54, 1.807) is 17.8 Å². The number of nitrogens with one attached hydrogen (secondary N) is 2. The Balaban J connectivity index is 1.82. The van der Waals surface area contributed by atoms with Crippen LogP contribution < -0.4 is 10.8 Å². The standard InChI is InChI=1S/C29H40N2O5S/c1-20-8-6-7-11-24(20)26-17-22(19-36-23(18-30-35)16-21-9-4-3-5-10-21)12-13-25(26)28(32)31-27(29(33)34)14-15-37-2/h6-8,11-13,17,21,23,27,30,35H,3-5,9-10,14-16,18-19H2,1-2H3,(H,31,32)(H,33,34). The molecule has 2 aromatic rings. The van der Waals surface area contributed by atoms with Gasteiger partial charge in [-0.2, -0.15) is 11.8 Å². The smallest absolute Gasteiger partial charge is 0.326 e. The molecule has 2 unspecified atom stereocenters. The number of hydrogen-bond acceptors (Lipinski definition) is 6. The molecule has 3 rings (SSSR count). The number of amides is 1. The monoisotopic (exact) mass is 528 g/mol. The van der Waals surface area contributed by atoms with E-state index < -0.39 is 17.9 Å². The van der Waals surface area contributed by atoms with Crippen molar-refractivity contribution in [2.24, 2.45) is 5.92 Å². The number of carbonyl (C=O) groups excluding carboxylic acids is 1. The van der Waals surface area contributed by atoms with E-state index in [0.717, 1.165) is 28.7 Å². The molecule has 0 spiro atoms. The van der Waals surface area contributed by atoms with Crippen LogP contribution in [0.2, 0.25) is 0 Å². The van der Waals surface area contributed by atoms with Crippen LogP contribution in [0.25, 0.3) is 11.1 Å². The Kier molecular flexibility index (Phi) is 11.9. The van der Waals surface area contributed by atoms with Gasteiger partial charge in [0.15, 0.2) is 0 Å². The highest BCUT2D eigenvalue weighted by atomic mass is 32.2. The molecule has 37 heavy (non-hydrogen) atoms. The Morgan fingerprint density at radius 1 is 1.11 bits per heavy atom. The quantitative estimate of drug-likeness (QED) is 0.242. The predicted molar refractivity (Wildman–Crippen MR) is 148 cm³/mol.